The molecule has 6 heteroatoms. The van der Waals surface area contributed by atoms with Gasteiger partial charge in [0, 0.05) is 12.7 Å². The van der Waals surface area contributed by atoms with Gasteiger partial charge >= 0.3 is 0 Å². The number of ether oxygens (including phenoxy) is 2. The molecule has 0 saturated heterocycles. The second kappa shape index (κ2) is 7.60. The number of nitrogens with zero attached hydrogens (tertiary/aromatic N) is 1. The van der Waals surface area contributed by atoms with Gasteiger partial charge in [-0.2, -0.15) is 0 Å². The third-order valence-corrected chi connectivity index (χ3v) is 4.62. The Bertz CT molecular complexity index is 1050. The molecule has 1 N–H and O–H groups in total. The first kappa shape index (κ1) is 17.9. The van der Waals surface area contributed by atoms with Crippen molar-refractivity contribution in [3.8, 4) is 11.5 Å². The van der Waals surface area contributed by atoms with E-state index in [1.165, 1.54) is 0 Å². The second-order valence-corrected chi connectivity index (χ2v) is 6.63. The summed E-state index contributed by atoms with van der Waals surface area (Å²) in [7, 11) is 1.73. The Kier molecular flexibility index (Phi) is 4.85. The molecule has 0 aromatic heterocycles. The normalized spacial score (nSPS) is 13.5. The minimum absolute atomic E-state index is 0.125. The summed E-state index contributed by atoms with van der Waals surface area (Å²) in [5, 5.41) is 4.93. The molecule has 1 aliphatic heterocycles. The molecule has 0 radical (unpaired) electrons. The second-order valence-electron chi connectivity index (χ2n) is 6.63. The number of nitrogens with one attached hydrogen (secondary N) is 1. The van der Waals surface area contributed by atoms with Gasteiger partial charge in [-0.1, -0.05) is 30.3 Å². The van der Waals surface area contributed by atoms with E-state index >= 15 is 0 Å². The summed E-state index contributed by atoms with van der Waals surface area (Å²) >= 11 is 0. The summed E-state index contributed by atoms with van der Waals surface area (Å²) in [6.07, 6.45) is 0. The van der Waals surface area contributed by atoms with Gasteiger partial charge in [-0.25, -0.2) is 0 Å². The van der Waals surface area contributed by atoms with Crippen LogP contribution in [0.2, 0.25) is 0 Å². The van der Waals surface area contributed by atoms with Crippen molar-refractivity contribution in [3.05, 3.63) is 66.2 Å². The van der Waals surface area contributed by atoms with E-state index in [0.717, 1.165) is 10.8 Å². The lowest BCUT2D eigenvalue weighted by Crippen LogP contribution is -2.28. The van der Waals surface area contributed by atoms with Gasteiger partial charge in [0.05, 0.1) is 12.1 Å². The lowest BCUT2D eigenvalue weighted by atomic mass is 10.1. The summed E-state index contributed by atoms with van der Waals surface area (Å²) in [5.41, 5.74) is 0.964. The zero-order valence-corrected chi connectivity index (χ0v) is 15.5. The minimum Gasteiger partial charge on any atom is -0.491 e. The van der Waals surface area contributed by atoms with Crippen molar-refractivity contribution in [1.82, 2.24) is 4.90 Å². The molecular weight excluding hydrogens is 356 g/mol. The smallest absolute Gasteiger partial charge is 0.262 e. The number of hydrogen-bond donors (Lipinski definition) is 1. The molecule has 0 saturated carbocycles. The zero-order chi connectivity index (χ0) is 19.5. The third-order valence-electron chi connectivity index (χ3n) is 4.62. The number of carbonyl (C=O) groups excluding carboxylic acids is 2. The maximum absolute atomic E-state index is 12.4. The SMILES string of the molecule is CN1CCOc2ccc(NC(=O)COc3ccc4ccccc4c3)cc2C1=O. The van der Waals surface area contributed by atoms with E-state index in [2.05, 4.69) is 5.32 Å². The fourth-order valence-electron chi connectivity index (χ4n) is 3.10. The molecule has 0 unspecified atom stereocenters. The number of rotatable bonds is 4. The Balaban J connectivity index is 1.42. The fourth-order valence-corrected chi connectivity index (χ4v) is 3.10. The van der Waals surface area contributed by atoms with Crippen LogP contribution in [-0.4, -0.2) is 43.5 Å². The van der Waals surface area contributed by atoms with Crippen LogP contribution in [-0.2, 0) is 4.79 Å². The molecule has 0 fully saturated rings. The summed E-state index contributed by atoms with van der Waals surface area (Å²) in [6, 6.07) is 18.7. The number of anilines is 1. The Morgan fingerprint density at radius 1 is 1.11 bits per heavy atom. The predicted octanol–water partition coefficient (Wildman–Crippen LogP) is 3.32. The summed E-state index contributed by atoms with van der Waals surface area (Å²) in [4.78, 5) is 26.3. The van der Waals surface area contributed by atoms with Crippen LogP contribution in [0.15, 0.2) is 60.7 Å². The lowest BCUT2D eigenvalue weighted by Gasteiger charge is -2.13. The molecule has 4 rings (SSSR count). The number of likely N-dealkylation sites (N-methyl/N-ethyl adjacent to an activating group) is 1. The molecule has 1 aliphatic rings. The summed E-state index contributed by atoms with van der Waals surface area (Å²) < 4.78 is 11.2. The van der Waals surface area contributed by atoms with Gasteiger partial charge in [0.25, 0.3) is 11.8 Å². The van der Waals surface area contributed by atoms with Gasteiger partial charge in [-0.15, -0.1) is 0 Å². The molecule has 3 aromatic rings. The Labute approximate surface area is 162 Å². The zero-order valence-electron chi connectivity index (χ0n) is 15.5. The van der Waals surface area contributed by atoms with Gasteiger partial charge in [0.1, 0.15) is 18.1 Å². The Hall–Kier alpha value is -3.54. The molecule has 1 heterocycles. The van der Waals surface area contributed by atoms with E-state index < -0.39 is 0 Å². The highest BCUT2D eigenvalue weighted by Crippen LogP contribution is 2.26. The van der Waals surface area contributed by atoms with E-state index in [1.54, 1.807) is 30.1 Å². The van der Waals surface area contributed by atoms with Crippen LogP contribution in [0.5, 0.6) is 11.5 Å². The molecule has 28 heavy (non-hydrogen) atoms. The maximum atomic E-state index is 12.4. The number of carbonyl (C=O) groups is 2. The maximum Gasteiger partial charge on any atom is 0.262 e. The molecule has 0 aliphatic carbocycles. The first-order chi connectivity index (χ1) is 13.6. The van der Waals surface area contributed by atoms with E-state index in [-0.39, 0.29) is 18.4 Å². The number of fused-ring (bicyclic) bond motifs is 2. The molecule has 2 amide bonds. The quantitative estimate of drug-likeness (QED) is 0.759. The molecule has 3 aromatic carbocycles. The first-order valence-electron chi connectivity index (χ1n) is 9.04. The summed E-state index contributed by atoms with van der Waals surface area (Å²) in [5.74, 6) is 0.722. The summed E-state index contributed by atoms with van der Waals surface area (Å²) in [6.45, 7) is 0.842. The topological polar surface area (TPSA) is 67.9 Å². The third kappa shape index (κ3) is 3.76. The molecular formula is C22H20N2O4. The van der Waals surface area contributed by atoms with E-state index in [0.29, 0.717) is 35.9 Å². The van der Waals surface area contributed by atoms with Crippen molar-refractivity contribution in [1.29, 1.82) is 0 Å². The van der Waals surface area contributed by atoms with Crippen LogP contribution in [0.3, 0.4) is 0 Å². The molecule has 6 nitrogen and oxygen atoms in total. The van der Waals surface area contributed by atoms with Crippen molar-refractivity contribution < 1.29 is 19.1 Å². The highest BCUT2D eigenvalue weighted by atomic mass is 16.5. The van der Waals surface area contributed by atoms with Gasteiger partial charge in [0.2, 0.25) is 0 Å². The van der Waals surface area contributed by atoms with Crippen molar-refractivity contribution in [2.24, 2.45) is 0 Å². The molecule has 0 spiro atoms. The van der Waals surface area contributed by atoms with Crippen LogP contribution >= 0.6 is 0 Å². The molecule has 0 bridgehead atoms. The van der Waals surface area contributed by atoms with Crippen LogP contribution in [0, 0.1) is 0 Å². The monoisotopic (exact) mass is 376 g/mol. The molecule has 142 valence electrons. The largest absolute Gasteiger partial charge is 0.491 e. The Morgan fingerprint density at radius 3 is 2.79 bits per heavy atom. The van der Waals surface area contributed by atoms with E-state index in [9.17, 15) is 9.59 Å². The van der Waals surface area contributed by atoms with Crippen molar-refractivity contribution in [3.63, 3.8) is 0 Å². The van der Waals surface area contributed by atoms with E-state index in [4.69, 9.17) is 9.47 Å². The van der Waals surface area contributed by atoms with Crippen LogP contribution in [0.4, 0.5) is 5.69 Å². The van der Waals surface area contributed by atoms with Crippen LogP contribution < -0.4 is 14.8 Å². The number of benzene rings is 3. The van der Waals surface area contributed by atoms with E-state index in [1.807, 2.05) is 42.5 Å². The molecule has 0 atom stereocenters. The average molecular weight is 376 g/mol. The minimum atomic E-state index is -0.302. The average Bonchev–Trinajstić information content (AvgIpc) is 2.85. The van der Waals surface area contributed by atoms with Gasteiger partial charge in [-0.3, -0.25) is 9.59 Å². The lowest BCUT2D eigenvalue weighted by molar-refractivity contribution is -0.118. The standard InChI is InChI=1S/C22H20N2O4/c1-24-10-11-27-20-9-7-17(13-19(20)22(24)26)23-21(25)14-28-18-8-6-15-4-2-3-5-16(15)12-18/h2-9,12-13H,10-11,14H2,1H3,(H,23,25). The predicted molar refractivity (Wildman–Crippen MR) is 107 cm³/mol. The van der Waals surface area contributed by atoms with Crippen molar-refractivity contribution in [2.45, 2.75) is 0 Å². The van der Waals surface area contributed by atoms with Crippen molar-refractivity contribution in [2.75, 3.05) is 32.1 Å². The van der Waals surface area contributed by atoms with Gasteiger partial charge in [-0.05, 0) is 41.1 Å². The fraction of sp³-hybridized carbons (Fsp3) is 0.182. The highest BCUT2D eigenvalue weighted by molar-refractivity contribution is 6.00. The van der Waals surface area contributed by atoms with Gasteiger partial charge in [0.15, 0.2) is 6.61 Å². The number of amides is 2. The first-order valence-corrected chi connectivity index (χ1v) is 9.04. The Morgan fingerprint density at radius 2 is 1.93 bits per heavy atom. The number of hydrogen-bond acceptors (Lipinski definition) is 4. The van der Waals surface area contributed by atoms with Crippen LogP contribution in [0.25, 0.3) is 10.8 Å². The van der Waals surface area contributed by atoms with Crippen LogP contribution in [0.1, 0.15) is 10.4 Å². The highest BCUT2D eigenvalue weighted by Gasteiger charge is 2.21. The van der Waals surface area contributed by atoms with Crippen molar-refractivity contribution >= 4 is 28.3 Å². The van der Waals surface area contributed by atoms with Gasteiger partial charge < -0.3 is 19.7 Å².